The first-order chi connectivity index (χ1) is 12.0. The quantitative estimate of drug-likeness (QED) is 0.575. The van der Waals surface area contributed by atoms with Gasteiger partial charge >= 0.3 is 0 Å². The van der Waals surface area contributed by atoms with E-state index in [0.29, 0.717) is 18.0 Å². The number of carbonyl (C=O) groups excluding carboxylic acids is 2. The smallest absolute Gasteiger partial charge is 0.251 e. The van der Waals surface area contributed by atoms with Crippen LogP contribution in [0.3, 0.4) is 0 Å². The summed E-state index contributed by atoms with van der Waals surface area (Å²) in [7, 11) is 0. The van der Waals surface area contributed by atoms with Crippen molar-refractivity contribution in [3.8, 4) is 0 Å². The zero-order valence-electron chi connectivity index (χ0n) is 16.3. The summed E-state index contributed by atoms with van der Waals surface area (Å²) in [5.41, 5.74) is 1.33. The van der Waals surface area contributed by atoms with Crippen molar-refractivity contribution in [1.29, 1.82) is 0 Å². The number of amides is 2. The monoisotopic (exact) mass is 418 g/mol. The molecule has 1 aromatic carbocycles. The lowest BCUT2D eigenvalue weighted by Gasteiger charge is -2.31. The molecule has 2 amide bonds. The summed E-state index contributed by atoms with van der Waals surface area (Å²) in [5.74, 6) is 0.349. The molecule has 1 aliphatic heterocycles. The van der Waals surface area contributed by atoms with Crippen LogP contribution in [0.15, 0.2) is 24.3 Å². The molecule has 27 heavy (non-hydrogen) atoms. The molecule has 154 valence electrons. The minimum Gasteiger partial charge on any atom is -0.351 e. The zero-order chi connectivity index (χ0) is 18.2. The van der Waals surface area contributed by atoms with Gasteiger partial charge in [0.25, 0.3) is 5.91 Å². The Bertz CT molecular complexity index is 576. The molecule has 0 aliphatic carbocycles. The molecule has 0 saturated carbocycles. The Morgan fingerprint density at radius 3 is 2.22 bits per heavy atom. The molecule has 6 nitrogen and oxygen atoms in total. The highest BCUT2D eigenvalue weighted by Gasteiger charge is 2.28. The van der Waals surface area contributed by atoms with Crippen molar-refractivity contribution in [1.82, 2.24) is 15.5 Å². The second-order valence-corrected chi connectivity index (χ2v) is 6.56. The molecule has 1 unspecified atom stereocenters. The molecule has 1 atom stereocenters. The Morgan fingerprint density at radius 2 is 1.74 bits per heavy atom. The Labute approximate surface area is 174 Å². The average molecular weight is 419 g/mol. The molecule has 1 saturated heterocycles. The Balaban J connectivity index is 0.00000338. The van der Waals surface area contributed by atoms with Gasteiger partial charge in [-0.05, 0) is 56.4 Å². The molecular formula is C19H32Cl2N4O2. The molecule has 0 aromatic heterocycles. The first-order valence-electron chi connectivity index (χ1n) is 9.17. The van der Waals surface area contributed by atoms with E-state index in [0.717, 1.165) is 38.4 Å². The maximum absolute atomic E-state index is 12.2. The van der Waals surface area contributed by atoms with E-state index < -0.39 is 0 Å². The van der Waals surface area contributed by atoms with E-state index in [4.69, 9.17) is 0 Å². The Kier molecular flexibility index (Phi) is 12.3. The first-order valence-corrected chi connectivity index (χ1v) is 9.17. The molecule has 0 radical (unpaired) electrons. The number of benzene rings is 1. The van der Waals surface area contributed by atoms with Gasteiger partial charge in [-0.1, -0.05) is 20.8 Å². The third-order valence-corrected chi connectivity index (χ3v) is 4.96. The molecule has 1 heterocycles. The SMILES string of the molecule is CCN(CC)CCNC(=O)c1ccc(NC(=O)C(C)C2CNC2)cc1.Cl.Cl. The number of rotatable bonds is 9. The fourth-order valence-electron chi connectivity index (χ4n) is 2.81. The van der Waals surface area contributed by atoms with E-state index in [2.05, 4.69) is 34.7 Å². The van der Waals surface area contributed by atoms with Crippen molar-refractivity contribution in [2.24, 2.45) is 11.8 Å². The molecule has 1 aliphatic rings. The predicted octanol–water partition coefficient (Wildman–Crippen LogP) is 2.40. The summed E-state index contributed by atoms with van der Waals surface area (Å²) >= 11 is 0. The van der Waals surface area contributed by atoms with Crippen molar-refractivity contribution < 1.29 is 9.59 Å². The molecule has 8 heteroatoms. The van der Waals surface area contributed by atoms with Crippen molar-refractivity contribution >= 4 is 42.3 Å². The summed E-state index contributed by atoms with van der Waals surface area (Å²) in [5, 5.41) is 9.04. The van der Waals surface area contributed by atoms with Crippen molar-refractivity contribution in [3.63, 3.8) is 0 Å². The molecule has 2 rings (SSSR count). The third-order valence-electron chi connectivity index (χ3n) is 4.96. The minimum atomic E-state index is -0.0843. The van der Waals surface area contributed by atoms with Crippen LogP contribution in [0.5, 0.6) is 0 Å². The molecule has 1 fully saturated rings. The van der Waals surface area contributed by atoms with Gasteiger partial charge in [0.15, 0.2) is 0 Å². The average Bonchev–Trinajstić information content (AvgIpc) is 2.57. The molecule has 0 spiro atoms. The van der Waals surface area contributed by atoms with Gasteiger partial charge in [0.2, 0.25) is 5.91 Å². The van der Waals surface area contributed by atoms with E-state index in [9.17, 15) is 9.59 Å². The van der Waals surface area contributed by atoms with E-state index in [-0.39, 0.29) is 42.5 Å². The lowest BCUT2D eigenvalue weighted by atomic mass is 9.88. The van der Waals surface area contributed by atoms with Gasteiger partial charge in [-0.2, -0.15) is 0 Å². The number of anilines is 1. The standard InChI is InChI=1S/C19H30N4O2.2ClH/c1-4-23(5-2)11-10-21-19(25)15-6-8-17(9-7-15)22-18(24)14(3)16-12-20-13-16;;/h6-9,14,16,20H,4-5,10-13H2,1-3H3,(H,21,25)(H,22,24);2*1H. The second-order valence-electron chi connectivity index (χ2n) is 6.56. The highest BCUT2D eigenvalue weighted by atomic mass is 35.5. The molecule has 1 aromatic rings. The summed E-state index contributed by atoms with van der Waals surface area (Å²) in [6.45, 7) is 11.4. The highest BCUT2D eigenvalue weighted by molar-refractivity contribution is 5.96. The highest BCUT2D eigenvalue weighted by Crippen LogP contribution is 2.18. The number of likely N-dealkylation sites (N-methyl/N-ethyl adjacent to an activating group) is 1. The van der Waals surface area contributed by atoms with Gasteiger partial charge in [-0.3, -0.25) is 9.59 Å². The van der Waals surface area contributed by atoms with Crippen molar-refractivity contribution in [2.45, 2.75) is 20.8 Å². The number of hydrogen-bond donors (Lipinski definition) is 3. The van der Waals surface area contributed by atoms with Gasteiger partial charge in [-0.15, -0.1) is 24.8 Å². The Morgan fingerprint density at radius 1 is 1.15 bits per heavy atom. The molecular weight excluding hydrogens is 387 g/mol. The van der Waals surface area contributed by atoms with E-state index in [1.165, 1.54) is 0 Å². The fraction of sp³-hybridized carbons (Fsp3) is 0.579. The predicted molar refractivity (Wildman–Crippen MR) is 115 cm³/mol. The summed E-state index contributed by atoms with van der Waals surface area (Å²) < 4.78 is 0. The Hall–Kier alpha value is -1.34. The summed E-state index contributed by atoms with van der Waals surface area (Å²) in [6.07, 6.45) is 0. The fourth-order valence-corrected chi connectivity index (χ4v) is 2.81. The van der Waals surface area contributed by atoms with Crippen molar-refractivity contribution in [3.05, 3.63) is 29.8 Å². The van der Waals surface area contributed by atoms with Gasteiger partial charge in [-0.25, -0.2) is 0 Å². The van der Waals surface area contributed by atoms with Crippen LogP contribution in [-0.4, -0.2) is 56.0 Å². The number of hydrogen-bond acceptors (Lipinski definition) is 4. The van der Waals surface area contributed by atoms with Crippen LogP contribution in [0, 0.1) is 11.8 Å². The van der Waals surface area contributed by atoms with Crippen LogP contribution in [0.25, 0.3) is 0 Å². The number of nitrogens with one attached hydrogen (secondary N) is 3. The lowest BCUT2D eigenvalue weighted by Crippen LogP contribution is -2.48. The summed E-state index contributed by atoms with van der Waals surface area (Å²) in [4.78, 5) is 26.6. The van der Waals surface area contributed by atoms with Crippen LogP contribution in [0.2, 0.25) is 0 Å². The summed E-state index contributed by atoms with van der Waals surface area (Å²) in [6, 6.07) is 7.06. The van der Waals surface area contributed by atoms with Crippen LogP contribution in [-0.2, 0) is 4.79 Å². The zero-order valence-corrected chi connectivity index (χ0v) is 17.9. The van der Waals surface area contributed by atoms with Crippen LogP contribution < -0.4 is 16.0 Å². The van der Waals surface area contributed by atoms with Crippen molar-refractivity contribution in [2.75, 3.05) is 44.6 Å². The molecule has 3 N–H and O–H groups in total. The lowest BCUT2D eigenvalue weighted by molar-refractivity contribution is -0.121. The van der Waals surface area contributed by atoms with Crippen LogP contribution in [0.1, 0.15) is 31.1 Å². The largest absolute Gasteiger partial charge is 0.351 e. The maximum atomic E-state index is 12.2. The van der Waals surface area contributed by atoms with Gasteiger partial charge in [0.05, 0.1) is 0 Å². The van der Waals surface area contributed by atoms with Gasteiger partial charge < -0.3 is 20.9 Å². The van der Waals surface area contributed by atoms with E-state index in [1.54, 1.807) is 24.3 Å². The molecule has 0 bridgehead atoms. The van der Waals surface area contributed by atoms with E-state index in [1.807, 2.05) is 6.92 Å². The van der Waals surface area contributed by atoms with Gasteiger partial charge in [0.1, 0.15) is 0 Å². The number of nitrogens with zero attached hydrogens (tertiary/aromatic N) is 1. The number of carbonyl (C=O) groups is 2. The minimum absolute atomic E-state index is 0. The second kappa shape index (κ2) is 12.9. The number of halogens is 2. The van der Waals surface area contributed by atoms with Crippen LogP contribution >= 0.6 is 24.8 Å². The first kappa shape index (κ1) is 25.7. The third kappa shape index (κ3) is 7.66. The maximum Gasteiger partial charge on any atom is 0.251 e. The van der Waals surface area contributed by atoms with Gasteiger partial charge in [0, 0.05) is 30.3 Å². The van der Waals surface area contributed by atoms with Crippen LogP contribution in [0.4, 0.5) is 5.69 Å². The van der Waals surface area contributed by atoms with E-state index >= 15 is 0 Å². The topological polar surface area (TPSA) is 73.5 Å². The normalized spacial score (nSPS) is 14.4.